The van der Waals surface area contributed by atoms with E-state index in [1.54, 1.807) is 0 Å². The molecule has 0 aliphatic carbocycles. The van der Waals surface area contributed by atoms with Crippen LogP contribution >= 0.6 is 23.1 Å². The number of likely N-dealkylation sites (tertiary alicyclic amines) is 1. The Labute approximate surface area is 150 Å². The Morgan fingerprint density at radius 2 is 2.04 bits per heavy atom. The van der Waals surface area contributed by atoms with Gasteiger partial charge < -0.3 is 10.2 Å². The van der Waals surface area contributed by atoms with E-state index in [2.05, 4.69) is 35.4 Å². The maximum Gasteiger partial charge on any atom is 0.233 e. The summed E-state index contributed by atoms with van der Waals surface area (Å²) in [4.78, 5) is 14.2. The molecule has 0 spiro atoms. The molecule has 2 heterocycles. The van der Waals surface area contributed by atoms with Crippen LogP contribution in [-0.4, -0.2) is 39.8 Å². The zero-order valence-corrected chi connectivity index (χ0v) is 15.7. The Balaban J connectivity index is 1.55. The summed E-state index contributed by atoms with van der Waals surface area (Å²) < 4.78 is 0.827. The number of benzene rings is 1. The highest BCUT2D eigenvalue weighted by molar-refractivity contribution is 8.01. The Kier molecular flexibility index (Phi) is 5.73. The molecule has 5 nitrogen and oxygen atoms in total. The average molecular weight is 363 g/mol. The third-order valence-electron chi connectivity index (χ3n) is 4.28. The Bertz CT molecular complexity index is 710. The fraction of sp³-hybridized carbons (Fsp3) is 0.471. The maximum absolute atomic E-state index is 12.2. The van der Waals surface area contributed by atoms with Gasteiger partial charge in [0, 0.05) is 18.8 Å². The number of anilines is 2. The number of nitrogens with one attached hydrogen (secondary N) is 1. The van der Waals surface area contributed by atoms with Gasteiger partial charge in [-0.25, -0.2) is 0 Å². The second kappa shape index (κ2) is 7.98. The smallest absolute Gasteiger partial charge is 0.233 e. The van der Waals surface area contributed by atoms with Gasteiger partial charge in [0.2, 0.25) is 11.0 Å². The minimum atomic E-state index is 0.207. The first-order chi connectivity index (χ1) is 11.6. The lowest BCUT2D eigenvalue weighted by atomic mass is 10.1. The number of piperidine rings is 1. The molecule has 1 aliphatic rings. The number of amides is 1. The van der Waals surface area contributed by atoms with Crippen LogP contribution < -0.4 is 5.32 Å². The van der Waals surface area contributed by atoms with Gasteiger partial charge in [0.1, 0.15) is 0 Å². The van der Waals surface area contributed by atoms with E-state index in [0.29, 0.717) is 5.75 Å². The van der Waals surface area contributed by atoms with Crippen molar-refractivity contribution in [1.82, 2.24) is 15.1 Å². The molecule has 0 saturated carbocycles. The van der Waals surface area contributed by atoms with Gasteiger partial charge in [0.15, 0.2) is 4.34 Å². The first-order valence-corrected chi connectivity index (χ1v) is 10.0. The SMILES string of the molecule is Cc1cccc(Nc2nnc(SCC(=O)N3CCCCC3)s2)c1C. The second-order valence-corrected chi connectivity index (χ2v) is 8.18. The number of carbonyl (C=O) groups is 1. The predicted molar refractivity (Wildman–Crippen MR) is 100 cm³/mol. The summed E-state index contributed by atoms with van der Waals surface area (Å²) in [6.07, 6.45) is 3.49. The number of thioether (sulfide) groups is 1. The normalized spacial score (nSPS) is 14.7. The molecule has 1 N–H and O–H groups in total. The van der Waals surface area contributed by atoms with Crippen LogP contribution in [0.2, 0.25) is 0 Å². The molecule has 1 aliphatic heterocycles. The van der Waals surface area contributed by atoms with Crippen LogP contribution in [0.15, 0.2) is 22.5 Å². The van der Waals surface area contributed by atoms with Crippen LogP contribution in [0.5, 0.6) is 0 Å². The Morgan fingerprint density at radius 3 is 2.83 bits per heavy atom. The summed E-state index contributed by atoms with van der Waals surface area (Å²) in [7, 11) is 0. The lowest BCUT2D eigenvalue weighted by Crippen LogP contribution is -2.36. The number of rotatable bonds is 5. The van der Waals surface area contributed by atoms with E-state index in [0.717, 1.165) is 41.1 Å². The fourth-order valence-electron chi connectivity index (χ4n) is 2.68. The Morgan fingerprint density at radius 1 is 1.25 bits per heavy atom. The molecule has 2 aromatic rings. The van der Waals surface area contributed by atoms with Gasteiger partial charge in [-0.2, -0.15) is 0 Å². The molecule has 128 valence electrons. The van der Waals surface area contributed by atoms with Crippen molar-refractivity contribution in [2.45, 2.75) is 37.4 Å². The topological polar surface area (TPSA) is 58.1 Å². The number of nitrogens with zero attached hydrogens (tertiary/aromatic N) is 3. The van der Waals surface area contributed by atoms with Crippen molar-refractivity contribution in [3.05, 3.63) is 29.3 Å². The summed E-state index contributed by atoms with van der Waals surface area (Å²) >= 11 is 2.96. The zero-order chi connectivity index (χ0) is 16.9. The second-order valence-electron chi connectivity index (χ2n) is 5.98. The van der Waals surface area contributed by atoms with Crippen LogP contribution in [-0.2, 0) is 4.79 Å². The molecular formula is C17H22N4OS2. The lowest BCUT2D eigenvalue weighted by molar-refractivity contribution is -0.129. The third-order valence-corrected chi connectivity index (χ3v) is 6.24. The molecule has 1 fully saturated rings. The molecule has 1 amide bonds. The molecule has 1 aromatic heterocycles. The molecule has 7 heteroatoms. The third kappa shape index (κ3) is 4.27. The summed E-state index contributed by atoms with van der Waals surface area (Å²) in [5.41, 5.74) is 3.50. The number of hydrogen-bond acceptors (Lipinski definition) is 6. The van der Waals surface area contributed by atoms with Gasteiger partial charge in [0.25, 0.3) is 0 Å². The predicted octanol–water partition coefficient (Wildman–Crippen LogP) is 4.00. The van der Waals surface area contributed by atoms with Gasteiger partial charge >= 0.3 is 0 Å². The van der Waals surface area contributed by atoms with Crippen molar-refractivity contribution >= 4 is 39.8 Å². The van der Waals surface area contributed by atoms with Crippen LogP contribution in [0, 0.1) is 13.8 Å². The van der Waals surface area contributed by atoms with Crippen LogP contribution in [0.3, 0.4) is 0 Å². The first-order valence-electron chi connectivity index (χ1n) is 8.21. The molecule has 0 atom stereocenters. The van der Waals surface area contributed by atoms with Gasteiger partial charge in [-0.15, -0.1) is 10.2 Å². The van der Waals surface area contributed by atoms with E-state index in [1.807, 2.05) is 17.0 Å². The van der Waals surface area contributed by atoms with E-state index in [9.17, 15) is 4.79 Å². The van der Waals surface area contributed by atoms with Crippen molar-refractivity contribution < 1.29 is 4.79 Å². The molecule has 0 radical (unpaired) electrons. The van der Waals surface area contributed by atoms with Crippen molar-refractivity contribution in [3.8, 4) is 0 Å². The quantitative estimate of drug-likeness (QED) is 0.815. The lowest BCUT2D eigenvalue weighted by Gasteiger charge is -2.26. The van der Waals surface area contributed by atoms with Crippen molar-refractivity contribution in [2.24, 2.45) is 0 Å². The van der Waals surface area contributed by atoms with Gasteiger partial charge in [-0.1, -0.05) is 35.2 Å². The molecule has 0 bridgehead atoms. The summed E-state index contributed by atoms with van der Waals surface area (Å²) in [6.45, 7) is 5.98. The molecule has 24 heavy (non-hydrogen) atoms. The van der Waals surface area contributed by atoms with Crippen LogP contribution in [0.1, 0.15) is 30.4 Å². The van der Waals surface area contributed by atoms with E-state index in [4.69, 9.17) is 0 Å². The van der Waals surface area contributed by atoms with Gasteiger partial charge in [-0.3, -0.25) is 4.79 Å². The van der Waals surface area contributed by atoms with Crippen LogP contribution in [0.4, 0.5) is 10.8 Å². The highest BCUT2D eigenvalue weighted by atomic mass is 32.2. The van der Waals surface area contributed by atoms with Crippen molar-refractivity contribution in [2.75, 3.05) is 24.2 Å². The van der Waals surface area contributed by atoms with E-state index < -0.39 is 0 Å². The number of carbonyl (C=O) groups excluding carboxylic acids is 1. The summed E-state index contributed by atoms with van der Waals surface area (Å²) in [5.74, 6) is 0.650. The minimum absolute atomic E-state index is 0.207. The Hall–Kier alpha value is -1.60. The summed E-state index contributed by atoms with van der Waals surface area (Å²) in [6, 6.07) is 6.16. The van der Waals surface area contributed by atoms with Crippen molar-refractivity contribution in [1.29, 1.82) is 0 Å². The summed E-state index contributed by atoms with van der Waals surface area (Å²) in [5, 5.41) is 12.4. The number of aromatic nitrogens is 2. The standard InChI is InChI=1S/C17H22N4OS2/c1-12-7-6-8-14(13(12)2)18-16-19-20-17(24-16)23-11-15(22)21-9-4-3-5-10-21/h6-8H,3-5,9-11H2,1-2H3,(H,18,19). The molecular weight excluding hydrogens is 340 g/mol. The first kappa shape index (κ1) is 17.2. The zero-order valence-electron chi connectivity index (χ0n) is 14.0. The van der Waals surface area contributed by atoms with Gasteiger partial charge in [-0.05, 0) is 50.3 Å². The van der Waals surface area contributed by atoms with Crippen molar-refractivity contribution in [3.63, 3.8) is 0 Å². The minimum Gasteiger partial charge on any atom is -0.342 e. The monoisotopic (exact) mass is 362 g/mol. The number of hydrogen-bond donors (Lipinski definition) is 1. The van der Waals surface area contributed by atoms with E-state index in [-0.39, 0.29) is 5.91 Å². The maximum atomic E-state index is 12.2. The van der Waals surface area contributed by atoms with E-state index in [1.165, 1.54) is 40.6 Å². The number of aryl methyl sites for hydroxylation is 1. The molecule has 0 unspecified atom stereocenters. The molecule has 3 rings (SSSR count). The van der Waals surface area contributed by atoms with Gasteiger partial charge in [0.05, 0.1) is 5.75 Å². The highest BCUT2D eigenvalue weighted by Crippen LogP contribution is 2.29. The highest BCUT2D eigenvalue weighted by Gasteiger charge is 2.17. The molecule has 1 saturated heterocycles. The average Bonchev–Trinajstić information content (AvgIpc) is 3.05. The fourth-order valence-corrected chi connectivity index (χ4v) is 4.35. The van der Waals surface area contributed by atoms with E-state index >= 15 is 0 Å². The largest absolute Gasteiger partial charge is 0.342 e. The molecule has 1 aromatic carbocycles. The van der Waals surface area contributed by atoms with Crippen LogP contribution in [0.25, 0.3) is 0 Å².